The lowest BCUT2D eigenvalue weighted by atomic mass is 10.1. The van der Waals surface area contributed by atoms with Crippen LogP contribution in [0.25, 0.3) is 0 Å². The van der Waals surface area contributed by atoms with Crippen LogP contribution in [0, 0.1) is 10.1 Å². The molecule has 0 N–H and O–H groups in total. The van der Waals surface area contributed by atoms with Gasteiger partial charge in [-0.1, -0.05) is 30.3 Å². The lowest BCUT2D eigenvalue weighted by Gasteiger charge is -2.23. The third kappa shape index (κ3) is 4.19. The van der Waals surface area contributed by atoms with Crippen LogP contribution in [-0.2, 0) is 15.3 Å². The Bertz CT molecular complexity index is 729. The summed E-state index contributed by atoms with van der Waals surface area (Å²) in [5.41, 5.74) is -0.213. The zero-order valence-corrected chi connectivity index (χ0v) is 12.7. The van der Waals surface area contributed by atoms with Crippen LogP contribution in [0.2, 0.25) is 0 Å². The van der Waals surface area contributed by atoms with Gasteiger partial charge in [0, 0.05) is 31.5 Å². The zero-order valence-electron chi connectivity index (χ0n) is 12.7. The van der Waals surface area contributed by atoms with E-state index in [2.05, 4.69) is 10.2 Å². The second-order valence-electron chi connectivity index (χ2n) is 4.92. The normalized spacial score (nSPS) is 13.5. The molecule has 0 aliphatic carbocycles. The Labute approximate surface area is 132 Å². The number of carbonyl (C=O) groups is 1. The number of azo groups is 1. The Morgan fingerprint density at radius 2 is 1.74 bits per heavy atom. The molecule has 1 atom stereocenters. The largest absolute Gasteiger partial charge is 0.431 e. The van der Waals surface area contributed by atoms with E-state index >= 15 is 0 Å². The van der Waals surface area contributed by atoms with E-state index in [1.54, 1.807) is 31.2 Å². The fourth-order valence-corrected chi connectivity index (χ4v) is 1.96. The van der Waals surface area contributed by atoms with Gasteiger partial charge in [0.05, 0.1) is 10.6 Å². The lowest BCUT2D eigenvalue weighted by Crippen LogP contribution is -2.25. The maximum Gasteiger partial charge on any atom is 0.305 e. The molecule has 0 spiro atoms. The topological polar surface area (TPSA) is 94.2 Å². The number of nitro benzene ring substituents is 1. The molecular weight excluding hydrogens is 298 g/mol. The van der Waals surface area contributed by atoms with E-state index in [9.17, 15) is 14.9 Å². The summed E-state index contributed by atoms with van der Waals surface area (Å²) in [4.78, 5) is 21.5. The smallest absolute Gasteiger partial charge is 0.305 e. The standard InChI is InChI=1S/C16H15N3O4/c1-12(20)23-16(2,13-6-4-3-5-7-13)18-17-14-8-10-15(11-9-14)19(21)22/h3-11H,1-2H3. The molecule has 0 saturated carbocycles. The van der Waals surface area contributed by atoms with Crippen LogP contribution >= 0.6 is 0 Å². The summed E-state index contributed by atoms with van der Waals surface area (Å²) in [6.07, 6.45) is 0. The number of hydrogen-bond acceptors (Lipinski definition) is 6. The third-order valence-electron chi connectivity index (χ3n) is 3.07. The molecule has 7 heteroatoms. The third-order valence-corrected chi connectivity index (χ3v) is 3.07. The molecule has 118 valence electrons. The van der Waals surface area contributed by atoms with E-state index in [4.69, 9.17) is 4.74 Å². The van der Waals surface area contributed by atoms with Crippen LogP contribution in [0.15, 0.2) is 64.8 Å². The van der Waals surface area contributed by atoms with Crippen molar-refractivity contribution in [1.82, 2.24) is 0 Å². The second kappa shape index (κ2) is 6.78. The van der Waals surface area contributed by atoms with Gasteiger partial charge in [-0.15, -0.1) is 5.11 Å². The molecule has 7 nitrogen and oxygen atoms in total. The summed E-state index contributed by atoms with van der Waals surface area (Å²) < 4.78 is 5.30. The Morgan fingerprint density at radius 1 is 1.13 bits per heavy atom. The number of ether oxygens (including phenoxy) is 1. The summed E-state index contributed by atoms with van der Waals surface area (Å²) in [6, 6.07) is 14.6. The molecule has 0 aliphatic rings. The Balaban J connectivity index is 2.30. The van der Waals surface area contributed by atoms with E-state index in [1.165, 1.54) is 31.2 Å². The number of carbonyl (C=O) groups excluding carboxylic acids is 1. The first-order chi connectivity index (χ1) is 10.9. The van der Waals surface area contributed by atoms with Crippen molar-refractivity contribution < 1.29 is 14.5 Å². The summed E-state index contributed by atoms with van der Waals surface area (Å²) in [6.45, 7) is 2.92. The number of rotatable bonds is 5. The summed E-state index contributed by atoms with van der Waals surface area (Å²) in [5.74, 6) is -0.487. The molecule has 0 aromatic heterocycles. The number of nitro groups is 1. The summed E-state index contributed by atoms with van der Waals surface area (Å²) >= 11 is 0. The van der Waals surface area contributed by atoms with Crippen molar-refractivity contribution >= 4 is 17.3 Å². The van der Waals surface area contributed by atoms with Crippen LogP contribution in [0.1, 0.15) is 19.4 Å². The first kappa shape index (κ1) is 16.3. The molecule has 0 saturated heterocycles. The Morgan fingerprint density at radius 3 is 2.26 bits per heavy atom. The van der Waals surface area contributed by atoms with Gasteiger partial charge >= 0.3 is 5.97 Å². The summed E-state index contributed by atoms with van der Waals surface area (Å²) in [7, 11) is 0. The maximum atomic E-state index is 11.4. The van der Waals surface area contributed by atoms with Crippen LogP contribution in [0.5, 0.6) is 0 Å². The van der Waals surface area contributed by atoms with Crippen molar-refractivity contribution in [1.29, 1.82) is 0 Å². The number of nitrogens with zero attached hydrogens (tertiary/aromatic N) is 3. The van der Waals surface area contributed by atoms with E-state index in [0.717, 1.165) is 0 Å². The van der Waals surface area contributed by atoms with Gasteiger partial charge < -0.3 is 4.74 Å². The van der Waals surface area contributed by atoms with Crippen molar-refractivity contribution in [2.45, 2.75) is 19.6 Å². The van der Waals surface area contributed by atoms with E-state index in [1.807, 2.05) is 6.07 Å². The predicted molar refractivity (Wildman–Crippen MR) is 83.2 cm³/mol. The molecule has 0 fully saturated rings. The van der Waals surface area contributed by atoms with Gasteiger partial charge in [0.1, 0.15) is 0 Å². The summed E-state index contributed by atoms with van der Waals surface area (Å²) in [5, 5.41) is 18.8. The average Bonchev–Trinajstić information content (AvgIpc) is 2.53. The van der Waals surface area contributed by atoms with Gasteiger partial charge in [0.2, 0.25) is 5.72 Å². The van der Waals surface area contributed by atoms with Crippen LogP contribution in [0.3, 0.4) is 0 Å². The molecule has 2 aromatic rings. The van der Waals surface area contributed by atoms with Crippen molar-refractivity contribution in [3.8, 4) is 0 Å². The minimum absolute atomic E-state index is 0.0326. The van der Waals surface area contributed by atoms with Crippen molar-refractivity contribution in [3.63, 3.8) is 0 Å². The van der Waals surface area contributed by atoms with Gasteiger partial charge in [-0.2, -0.15) is 5.11 Å². The number of hydrogen-bond donors (Lipinski definition) is 0. The highest BCUT2D eigenvalue weighted by molar-refractivity contribution is 5.66. The minimum atomic E-state index is -1.27. The molecular formula is C16H15N3O4. The van der Waals surface area contributed by atoms with Crippen LogP contribution < -0.4 is 0 Å². The number of non-ortho nitro benzene ring substituents is 1. The molecule has 0 aliphatic heterocycles. The fourth-order valence-electron chi connectivity index (χ4n) is 1.96. The Hall–Kier alpha value is -3.09. The Kier molecular flexibility index (Phi) is 4.80. The second-order valence-corrected chi connectivity index (χ2v) is 4.92. The predicted octanol–water partition coefficient (Wildman–Crippen LogP) is 4.11. The highest BCUT2D eigenvalue weighted by Gasteiger charge is 2.29. The van der Waals surface area contributed by atoms with E-state index in [0.29, 0.717) is 11.3 Å². The fraction of sp³-hybridized carbons (Fsp3) is 0.188. The highest BCUT2D eigenvalue weighted by Crippen LogP contribution is 2.29. The van der Waals surface area contributed by atoms with Gasteiger partial charge in [0.25, 0.3) is 5.69 Å². The molecule has 2 aromatic carbocycles. The molecule has 0 heterocycles. The minimum Gasteiger partial charge on any atom is -0.431 e. The number of esters is 1. The SMILES string of the molecule is CC(=O)OC(C)(N=Nc1ccc([N+](=O)[O-])cc1)c1ccccc1. The first-order valence-electron chi connectivity index (χ1n) is 6.83. The van der Waals surface area contributed by atoms with Gasteiger partial charge in [-0.25, -0.2) is 0 Å². The molecule has 1 unspecified atom stereocenters. The quantitative estimate of drug-likeness (QED) is 0.359. The monoisotopic (exact) mass is 313 g/mol. The molecule has 0 bridgehead atoms. The van der Waals surface area contributed by atoms with Gasteiger partial charge in [-0.3, -0.25) is 14.9 Å². The van der Waals surface area contributed by atoms with E-state index in [-0.39, 0.29) is 5.69 Å². The van der Waals surface area contributed by atoms with Crippen LogP contribution in [-0.4, -0.2) is 10.9 Å². The number of benzene rings is 2. The highest BCUT2D eigenvalue weighted by atomic mass is 16.6. The van der Waals surface area contributed by atoms with Crippen molar-refractivity contribution in [2.75, 3.05) is 0 Å². The molecule has 2 rings (SSSR count). The van der Waals surface area contributed by atoms with Gasteiger partial charge in [-0.05, 0) is 12.1 Å². The molecule has 23 heavy (non-hydrogen) atoms. The maximum absolute atomic E-state index is 11.4. The van der Waals surface area contributed by atoms with Crippen LogP contribution in [0.4, 0.5) is 11.4 Å². The van der Waals surface area contributed by atoms with Crippen molar-refractivity contribution in [3.05, 3.63) is 70.3 Å². The van der Waals surface area contributed by atoms with E-state index < -0.39 is 16.6 Å². The first-order valence-corrected chi connectivity index (χ1v) is 6.83. The van der Waals surface area contributed by atoms with Gasteiger partial charge in [0.15, 0.2) is 0 Å². The van der Waals surface area contributed by atoms with Crippen molar-refractivity contribution in [2.24, 2.45) is 10.2 Å². The molecule has 0 radical (unpaired) electrons. The zero-order chi connectivity index (χ0) is 16.9. The molecule has 0 amide bonds. The lowest BCUT2D eigenvalue weighted by molar-refractivity contribution is -0.384. The average molecular weight is 313 g/mol.